The number of rotatable bonds is 5. The molecule has 1 aromatic carbocycles. The van der Waals surface area contributed by atoms with Crippen molar-refractivity contribution < 1.29 is 9.72 Å². The van der Waals surface area contributed by atoms with E-state index in [0.29, 0.717) is 12.1 Å². The van der Waals surface area contributed by atoms with Crippen LogP contribution in [0, 0.1) is 22.5 Å². The predicted octanol–water partition coefficient (Wildman–Crippen LogP) is 2.73. The molecule has 0 bridgehead atoms. The highest BCUT2D eigenvalue weighted by Crippen LogP contribution is 2.25. The molecule has 0 aliphatic carbocycles. The van der Waals surface area contributed by atoms with Gasteiger partial charge in [-0.25, -0.2) is 0 Å². The van der Waals surface area contributed by atoms with Crippen LogP contribution in [-0.4, -0.2) is 28.8 Å². The van der Waals surface area contributed by atoms with E-state index in [1.807, 2.05) is 6.92 Å². The number of carbonyl (C=O) groups excluding carboxylic acids is 1. The number of nitro benzene ring substituents is 1. The van der Waals surface area contributed by atoms with Crippen molar-refractivity contribution in [3.63, 3.8) is 0 Å². The molecule has 0 saturated carbocycles. The smallest absolute Gasteiger partial charge is 0.287 e. The molecule has 1 rings (SSSR count). The first kappa shape index (κ1) is 15.0. The van der Waals surface area contributed by atoms with Crippen molar-refractivity contribution in [2.24, 2.45) is 0 Å². The van der Waals surface area contributed by atoms with Crippen molar-refractivity contribution in [3.05, 3.63) is 38.9 Å². The summed E-state index contributed by atoms with van der Waals surface area (Å²) in [5.41, 5.74) is 0.0662. The lowest BCUT2D eigenvalue weighted by Crippen LogP contribution is -2.32. The third-order valence-corrected chi connectivity index (χ3v) is 2.76. The minimum atomic E-state index is -0.595. The maximum Gasteiger partial charge on any atom is 0.287 e. The van der Waals surface area contributed by atoms with Crippen LogP contribution in [0.2, 0.25) is 5.02 Å². The molecular formula is C13H13ClN2O3. The van der Waals surface area contributed by atoms with Crippen LogP contribution in [0.4, 0.5) is 5.69 Å². The molecule has 0 spiro atoms. The van der Waals surface area contributed by atoms with Gasteiger partial charge in [-0.2, -0.15) is 0 Å². The average Bonchev–Trinajstić information content (AvgIpc) is 2.37. The fraction of sp³-hybridized carbons (Fsp3) is 0.308. The number of halogens is 1. The first-order chi connectivity index (χ1) is 9.01. The lowest BCUT2D eigenvalue weighted by Gasteiger charge is -2.19. The maximum atomic E-state index is 12.2. The van der Waals surface area contributed by atoms with Crippen molar-refractivity contribution in [1.29, 1.82) is 0 Å². The van der Waals surface area contributed by atoms with Gasteiger partial charge in [-0.15, -0.1) is 6.42 Å². The number of hydrogen-bond donors (Lipinski definition) is 0. The molecule has 6 heteroatoms. The first-order valence-electron chi connectivity index (χ1n) is 5.68. The Morgan fingerprint density at radius 2 is 2.26 bits per heavy atom. The van der Waals surface area contributed by atoms with Crippen LogP contribution >= 0.6 is 11.6 Å². The van der Waals surface area contributed by atoms with E-state index in [9.17, 15) is 14.9 Å². The van der Waals surface area contributed by atoms with Crippen molar-refractivity contribution in [1.82, 2.24) is 4.90 Å². The van der Waals surface area contributed by atoms with Gasteiger partial charge >= 0.3 is 0 Å². The molecule has 5 nitrogen and oxygen atoms in total. The Kier molecular flexibility index (Phi) is 5.34. The zero-order valence-corrected chi connectivity index (χ0v) is 11.2. The van der Waals surface area contributed by atoms with Gasteiger partial charge in [0, 0.05) is 18.2 Å². The number of benzene rings is 1. The van der Waals surface area contributed by atoms with Gasteiger partial charge in [0.1, 0.15) is 5.02 Å². The molecule has 0 atom stereocenters. The lowest BCUT2D eigenvalue weighted by atomic mass is 10.1. The van der Waals surface area contributed by atoms with Gasteiger partial charge in [0.25, 0.3) is 11.6 Å². The summed E-state index contributed by atoms with van der Waals surface area (Å²) in [5, 5.41) is 10.6. The number of nitro groups is 1. The first-order valence-corrected chi connectivity index (χ1v) is 6.05. The Balaban J connectivity index is 3.02. The van der Waals surface area contributed by atoms with E-state index in [-0.39, 0.29) is 23.2 Å². The van der Waals surface area contributed by atoms with Gasteiger partial charge in [-0.3, -0.25) is 14.9 Å². The number of hydrogen-bond acceptors (Lipinski definition) is 3. The van der Waals surface area contributed by atoms with Crippen LogP contribution in [0.15, 0.2) is 18.2 Å². The summed E-state index contributed by atoms with van der Waals surface area (Å²) in [6.45, 7) is 2.65. The van der Waals surface area contributed by atoms with Gasteiger partial charge in [-0.1, -0.05) is 24.4 Å². The van der Waals surface area contributed by atoms with Gasteiger partial charge in [0.15, 0.2) is 0 Å². The van der Waals surface area contributed by atoms with Crippen molar-refractivity contribution >= 4 is 23.2 Å². The molecule has 0 aromatic heterocycles. The summed E-state index contributed by atoms with van der Waals surface area (Å²) in [4.78, 5) is 23.7. The van der Waals surface area contributed by atoms with Crippen molar-refractivity contribution in [2.45, 2.75) is 13.3 Å². The SMILES string of the molecule is C#CCN(CCC)C(=O)c1ccc([N+](=O)[O-])c(Cl)c1. The zero-order valence-electron chi connectivity index (χ0n) is 10.4. The number of amides is 1. The van der Waals surface area contributed by atoms with E-state index < -0.39 is 4.92 Å². The molecule has 0 N–H and O–H groups in total. The van der Waals surface area contributed by atoms with E-state index in [1.54, 1.807) is 0 Å². The van der Waals surface area contributed by atoms with Crippen LogP contribution in [0.1, 0.15) is 23.7 Å². The summed E-state index contributed by atoms with van der Waals surface area (Å²) in [5.74, 6) is 2.13. The molecule has 1 aromatic rings. The van der Waals surface area contributed by atoms with E-state index in [2.05, 4.69) is 5.92 Å². The molecular weight excluding hydrogens is 268 g/mol. The fourth-order valence-electron chi connectivity index (χ4n) is 1.60. The van der Waals surface area contributed by atoms with E-state index in [4.69, 9.17) is 18.0 Å². The highest BCUT2D eigenvalue weighted by molar-refractivity contribution is 6.33. The Morgan fingerprint density at radius 1 is 1.58 bits per heavy atom. The standard InChI is InChI=1S/C13H13ClN2O3/c1-3-7-15(8-4-2)13(17)10-5-6-12(16(18)19)11(14)9-10/h1,5-6,9H,4,7-8H2,2H3. The summed E-state index contributed by atoms with van der Waals surface area (Å²) >= 11 is 5.77. The Bertz CT molecular complexity index is 537. The van der Waals surface area contributed by atoms with Crippen LogP contribution in [-0.2, 0) is 0 Å². The fourth-order valence-corrected chi connectivity index (χ4v) is 1.85. The van der Waals surface area contributed by atoms with Gasteiger partial charge in [0.05, 0.1) is 11.5 Å². The number of terminal acetylenes is 1. The van der Waals surface area contributed by atoms with E-state index in [0.717, 1.165) is 6.42 Å². The van der Waals surface area contributed by atoms with Crippen LogP contribution < -0.4 is 0 Å². The Morgan fingerprint density at radius 3 is 2.74 bits per heavy atom. The van der Waals surface area contributed by atoms with Crippen molar-refractivity contribution in [2.75, 3.05) is 13.1 Å². The third-order valence-electron chi connectivity index (χ3n) is 2.45. The van der Waals surface area contributed by atoms with Gasteiger partial charge in [0.2, 0.25) is 0 Å². The topological polar surface area (TPSA) is 63.5 Å². The summed E-state index contributed by atoms with van der Waals surface area (Å²) in [6.07, 6.45) is 5.98. The van der Waals surface area contributed by atoms with Gasteiger partial charge in [-0.05, 0) is 18.6 Å². The van der Waals surface area contributed by atoms with Crippen molar-refractivity contribution in [3.8, 4) is 12.3 Å². The summed E-state index contributed by atoms with van der Waals surface area (Å²) in [6, 6.07) is 3.89. The van der Waals surface area contributed by atoms with Crippen LogP contribution in [0.3, 0.4) is 0 Å². The molecule has 19 heavy (non-hydrogen) atoms. The van der Waals surface area contributed by atoms with Gasteiger partial charge < -0.3 is 4.90 Å². The molecule has 0 saturated heterocycles. The highest BCUT2D eigenvalue weighted by Gasteiger charge is 2.18. The third kappa shape index (κ3) is 3.70. The maximum absolute atomic E-state index is 12.2. The second kappa shape index (κ2) is 6.76. The predicted molar refractivity (Wildman–Crippen MR) is 73.1 cm³/mol. The lowest BCUT2D eigenvalue weighted by molar-refractivity contribution is -0.384. The van der Waals surface area contributed by atoms with E-state index in [1.165, 1.54) is 23.1 Å². The second-order valence-corrected chi connectivity index (χ2v) is 4.26. The molecule has 0 heterocycles. The minimum Gasteiger partial charge on any atom is -0.328 e. The molecule has 1 amide bonds. The Labute approximate surface area is 116 Å². The van der Waals surface area contributed by atoms with Crippen LogP contribution in [0.5, 0.6) is 0 Å². The second-order valence-electron chi connectivity index (χ2n) is 3.85. The summed E-state index contributed by atoms with van der Waals surface area (Å²) in [7, 11) is 0. The Hall–Kier alpha value is -2.06. The minimum absolute atomic E-state index is 0.0620. The largest absolute Gasteiger partial charge is 0.328 e. The molecule has 0 unspecified atom stereocenters. The van der Waals surface area contributed by atoms with E-state index >= 15 is 0 Å². The molecule has 0 fully saturated rings. The molecule has 100 valence electrons. The quantitative estimate of drug-likeness (QED) is 0.473. The highest BCUT2D eigenvalue weighted by atomic mass is 35.5. The summed E-state index contributed by atoms with van der Waals surface area (Å²) < 4.78 is 0. The number of carbonyl (C=O) groups is 1. The van der Waals surface area contributed by atoms with Crippen LogP contribution in [0.25, 0.3) is 0 Å². The molecule has 0 aliphatic heterocycles. The monoisotopic (exact) mass is 280 g/mol. The molecule has 0 aliphatic rings. The molecule has 0 radical (unpaired) electrons. The average molecular weight is 281 g/mol. The number of nitrogens with zero attached hydrogens (tertiary/aromatic N) is 2. The normalized spacial score (nSPS) is 9.74. The zero-order chi connectivity index (χ0) is 14.4.